The predicted octanol–water partition coefficient (Wildman–Crippen LogP) is 3.08. The van der Waals surface area contributed by atoms with Crippen LogP contribution in [0.4, 0.5) is 8.78 Å². The van der Waals surface area contributed by atoms with E-state index in [2.05, 4.69) is 5.10 Å². The Kier molecular flexibility index (Phi) is 3.95. The Bertz CT molecular complexity index is 522. The molecule has 0 radical (unpaired) electrons. The Labute approximate surface area is 111 Å². The molecule has 0 amide bonds. The van der Waals surface area contributed by atoms with Gasteiger partial charge in [-0.05, 0) is 6.42 Å². The van der Waals surface area contributed by atoms with Crippen molar-refractivity contribution >= 4 is 0 Å². The molecule has 2 aromatic rings. The first-order valence-corrected chi connectivity index (χ1v) is 6.24. The van der Waals surface area contributed by atoms with Crippen molar-refractivity contribution in [3.8, 4) is 0 Å². The van der Waals surface area contributed by atoms with E-state index >= 15 is 0 Å². The predicted molar refractivity (Wildman–Crippen MR) is 69.8 cm³/mol. The fourth-order valence-corrected chi connectivity index (χ4v) is 1.87. The molecule has 1 heterocycles. The average molecular weight is 265 g/mol. The highest BCUT2D eigenvalue weighted by atomic mass is 19.3. The molecule has 0 saturated heterocycles. The molecule has 0 bridgehead atoms. The maximum absolute atomic E-state index is 14.0. The Balaban J connectivity index is 2.14. The third-order valence-electron chi connectivity index (χ3n) is 3.08. The van der Waals surface area contributed by atoms with Gasteiger partial charge in [0.1, 0.15) is 6.54 Å². The van der Waals surface area contributed by atoms with Crippen molar-refractivity contribution in [1.82, 2.24) is 9.78 Å². The highest BCUT2D eigenvalue weighted by Crippen LogP contribution is 2.29. The lowest BCUT2D eigenvalue weighted by Gasteiger charge is -2.16. The molecule has 2 rings (SSSR count). The van der Waals surface area contributed by atoms with Crippen molar-refractivity contribution < 1.29 is 8.78 Å². The van der Waals surface area contributed by atoms with Crippen LogP contribution in [0.3, 0.4) is 0 Å². The zero-order valence-electron chi connectivity index (χ0n) is 10.8. The first-order valence-electron chi connectivity index (χ1n) is 6.24. The lowest BCUT2D eigenvalue weighted by atomic mass is 10.1. The second-order valence-electron chi connectivity index (χ2n) is 4.56. The summed E-state index contributed by atoms with van der Waals surface area (Å²) < 4.78 is 29.3. The van der Waals surface area contributed by atoms with E-state index in [1.807, 2.05) is 6.92 Å². The second-order valence-corrected chi connectivity index (χ2v) is 4.56. The molecule has 1 atom stereocenters. The van der Waals surface area contributed by atoms with Gasteiger partial charge in [-0.3, -0.25) is 4.68 Å². The number of rotatable bonds is 5. The van der Waals surface area contributed by atoms with Crippen LogP contribution >= 0.6 is 0 Å². The van der Waals surface area contributed by atoms with Crippen molar-refractivity contribution in [1.29, 1.82) is 0 Å². The van der Waals surface area contributed by atoms with Crippen LogP contribution < -0.4 is 5.73 Å². The molecule has 3 nitrogen and oxygen atoms in total. The van der Waals surface area contributed by atoms with E-state index in [0.29, 0.717) is 0 Å². The summed E-state index contributed by atoms with van der Waals surface area (Å²) in [6, 6.07) is 7.60. The van der Waals surface area contributed by atoms with Crippen molar-refractivity contribution in [3.63, 3.8) is 0 Å². The number of halogens is 2. The Morgan fingerprint density at radius 2 is 2.00 bits per heavy atom. The first-order chi connectivity index (χ1) is 9.03. The van der Waals surface area contributed by atoms with E-state index in [0.717, 1.165) is 12.0 Å². The number of aromatic nitrogens is 2. The molecule has 0 fully saturated rings. The number of hydrogen-bond donors (Lipinski definition) is 1. The SMILES string of the molecule is CCC(N)c1cnn(CC(F)(F)c2ccccc2)c1. The minimum absolute atomic E-state index is 0.00756. The highest BCUT2D eigenvalue weighted by molar-refractivity contribution is 5.20. The van der Waals surface area contributed by atoms with Gasteiger partial charge >= 0.3 is 0 Å². The zero-order valence-corrected chi connectivity index (χ0v) is 10.8. The largest absolute Gasteiger partial charge is 0.324 e. The summed E-state index contributed by atoms with van der Waals surface area (Å²) in [6.07, 6.45) is 3.89. The van der Waals surface area contributed by atoms with Gasteiger partial charge in [0.05, 0.1) is 6.20 Å². The van der Waals surface area contributed by atoms with E-state index in [1.165, 1.54) is 16.8 Å². The molecule has 1 unspecified atom stereocenters. The Morgan fingerprint density at radius 3 is 2.63 bits per heavy atom. The van der Waals surface area contributed by atoms with Crippen LogP contribution in [-0.4, -0.2) is 9.78 Å². The molecule has 1 aromatic heterocycles. The summed E-state index contributed by atoms with van der Waals surface area (Å²) in [5.41, 5.74) is 6.62. The lowest BCUT2D eigenvalue weighted by molar-refractivity contribution is -0.0254. The van der Waals surface area contributed by atoms with Crippen LogP contribution in [0.25, 0.3) is 0 Å². The molecule has 0 aliphatic rings. The van der Waals surface area contributed by atoms with Gasteiger partial charge in [-0.1, -0.05) is 37.3 Å². The summed E-state index contributed by atoms with van der Waals surface area (Å²) in [4.78, 5) is 0. The molecular weight excluding hydrogens is 248 g/mol. The molecule has 0 spiro atoms. The van der Waals surface area contributed by atoms with Crippen LogP contribution in [0.15, 0.2) is 42.7 Å². The minimum Gasteiger partial charge on any atom is -0.324 e. The van der Waals surface area contributed by atoms with Crippen molar-refractivity contribution in [3.05, 3.63) is 53.9 Å². The number of alkyl halides is 2. The number of hydrogen-bond acceptors (Lipinski definition) is 2. The van der Waals surface area contributed by atoms with E-state index in [-0.39, 0.29) is 11.6 Å². The second kappa shape index (κ2) is 5.48. The van der Waals surface area contributed by atoms with E-state index in [9.17, 15) is 8.78 Å². The fraction of sp³-hybridized carbons (Fsp3) is 0.357. The van der Waals surface area contributed by atoms with Gasteiger partial charge in [-0.2, -0.15) is 13.9 Å². The Morgan fingerprint density at radius 1 is 1.32 bits per heavy atom. The van der Waals surface area contributed by atoms with Crippen molar-refractivity contribution in [2.75, 3.05) is 0 Å². The number of nitrogens with two attached hydrogens (primary N) is 1. The van der Waals surface area contributed by atoms with E-state index in [4.69, 9.17) is 5.73 Å². The van der Waals surface area contributed by atoms with Gasteiger partial charge in [0, 0.05) is 23.4 Å². The molecule has 19 heavy (non-hydrogen) atoms. The molecule has 102 valence electrons. The summed E-state index contributed by atoms with van der Waals surface area (Å²) in [5, 5.41) is 3.95. The average Bonchev–Trinajstić information content (AvgIpc) is 2.86. The van der Waals surface area contributed by atoms with Gasteiger partial charge in [-0.25, -0.2) is 0 Å². The van der Waals surface area contributed by atoms with E-state index < -0.39 is 12.5 Å². The molecular formula is C14H17F2N3. The zero-order chi connectivity index (χ0) is 13.9. The topological polar surface area (TPSA) is 43.8 Å². The van der Waals surface area contributed by atoms with Crippen molar-refractivity contribution in [2.45, 2.75) is 31.9 Å². The van der Waals surface area contributed by atoms with Gasteiger partial charge in [0.15, 0.2) is 0 Å². The van der Waals surface area contributed by atoms with Crippen LogP contribution in [0.1, 0.15) is 30.5 Å². The van der Waals surface area contributed by atoms with Crippen LogP contribution in [0, 0.1) is 0 Å². The summed E-state index contributed by atoms with van der Waals surface area (Å²) >= 11 is 0. The summed E-state index contributed by atoms with van der Waals surface area (Å²) in [7, 11) is 0. The molecule has 2 N–H and O–H groups in total. The third kappa shape index (κ3) is 3.17. The summed E-state index contributed by atoms with van der Waals surface area (Å²) in [5.74, 6) is -2.94. The molecule has 1 aromatic carbocycles. The minimum atomic E-state index is -2.94. The molecule has 0 saturated carbocycles. The monoisotopic (exact) mass is 265 g/mol. The summed E-state index contributed by atoms with van der Waals surface area (Å²) in [6.45, 7) is 1.47. The van der Waals surface area contributed by atoms with Gasteiger partial charge in [0.25, 0.3) is 5.92 Å². The lowest BCUT2D eigenvalue weighted by Crippen LogP contribution is -2.21. The fourth-order valence-electron chi connectivity index (χ4n) is 1.87. The standard InChI is InChI=1S/C14H17F2N3/c1-2-13(17)11-8-18-19(9-11)10-14(15,16)12-6-4-3-5-7-12/h3-9,13H,2,10,17H2,1H3. The maximum atomic E-state index is 14.0. The molecule has 0 aliphatic heterocycles. The normalized spacial score (nSPS) is 13.5. The number of nitrogens with zero attached hydrogens (tertiary/aromatic N) is 2. The van der Waals surface area contributed by atoms with Gasteiger partial charge in [-0.15, -0.1) is 0 Å². The van der Waals surface area contributed by atoms with Gasteiger partial charge < -0.3 is 5.73 Å². The van der Waals surface area contributed by atoms with Crippen LogP contribution in [0.2, 0.25) is 0 Å². The van der Waals surface area contributed by atoms with E-state index in [1.54, 1.807) is 30.6 Å². The molecule has 0 aliphatic carbocycles. The first kappa shape index (κ1) is 13.7. The van der Waals surface area contributed by atoms with Crippen molar-refractivity contribution in [2.24, 2.45) is 5.73 Å². The highest BCUT2D eigenvalue weighted by Gasteiger charge is 2.32. The maximum Gasteiger partial charge on any atom is 0.292 e. The van der Waals surface area contributed by atoms with Crippen LogP contribution in [-0.2, 0) is 12.5 Å². The third-order valence-corrected chi connectivity index (χ3v) is 3.08. The Hall–Kier alpha value is -1.75. The molecule has 5 heteroatoms. The quantitative estimate of drug-likeness (QED) is 0.902. The smallest absolute Gasteiger partial charge is 0.292 e. The van der Waals surface area contributed by atoms with Crippen LogP contribution in [0.5, 0.6) is 0 Å². The number of benzene rings is 1. The van der Waals surface area contributed by atoms with Gasteiger partial charge in [0.2, 0.25) is 0 Å².